The second kappa shape index (κ2) is 7.74. The minimum atomic E-state index is -0.383. The van der Waals surface area contributed by atoms with Crippen molar-refractivity contribution >= 4 is 12.0 Å². The maximum atomic E-state index is 11.6. The quantitative estimate of drug-likeness (QED) is 0.475. The Labute approximate surface area is 183 Å². The molecule has 2 aromatic carbocycles. The van der Waals surface area contributed by atoms with E-state index in [1.165, 1.54) is 44.6 Å². The van der Waals surface area contributed by atoms with Crippen molar-refractivity contribution in [2.24, 2.45) is 17.8 Å². The van der Waals surface area contributed by atoms with Gasteiger partial charge in [-0.1, -0.05) is 12.1 Å². The molecule has 6 rings (SSSR count). The molecule has 4 saturated carbocycles. The highest BCUT2D eigenvalue weighted by Crippen LogP contribution is 2.62. The molecule has 0 unspecified atom stereocenters. The molecule has 2 N–H and O–H groups in total. The minimum Gasteiger partial charge on any atom is -0.508 e. The van der Waals surface area contributed by atoms with Crippen LogP contribution in [0.4, 0.5) is 0 Å². The summed E-state index contributed by atoms with van der Waals surface area (Å²) in [7, 11) is 0. The molecule has 4 nitrogen and oxygen atoms in total. The number of phenols is 2. The molecule has 0 amide bonds. The molecule has 0 radical (unpaired) electrons. The summed E-state index contributed by atoms with van der Waals surface area (Å²) in [6, 6.07) is 11.0. The molecular formula is C27H30O4. The van der Waals surface area contributed by atoms with Gasteiger partial charge in [0.1, 0.15) is 11.5 Å². The van der Waals surface area contributed by atoms with E-state index in [9.17, 15) is 15.0 Å². The Morgan fingerprint density at radius 1 is 1.00 bits per heavy atom. The van der Waals surface area contributed by atoms with Gasteiger partial charge in [0.05, 0.1) is 6.61 Å². The van der Waals surface area contributed by atoms with Crippen molar-refractivity contribution in [3.63, 3.8) is 0 Å². The predicted octanol–water partition coefficient (Wildman–Crippen LogP) is 5.81. The molecule has 2 aromatic rings. The average Bonchev–Trinajstić information content (AvgIpc) is 2.73. The highest BCUT2D eigenvalue weighted by molar-refractivity contribution is 5.87. The molecule has 0 spiro atoms. The number of hydrogen-bond acceptors (Lipinski definition) is 4. The van der Waals surface area contributed by atoms with Crippen LogP contribution in [0.3, 0.4) is 0 Å². The van der Waals surface area contributed by atoms with Crippen molar-refractivity contribution in [2.45, 2.75) is 50.9 Å². The average molecular weight is 419 g/mol. The maximum Gasteiger partial charge on any atom is 0.330 e. The molecule has 0 aliphatic heterocycles. The van der Waals surface area contributed by atoms with E-state index in [0.29, 0.717) is 17.9 Å². The first-order valence-electron chi connectivity index (χ1n) is 11.5. The first-order valence-corrected chi connectivity index (χ1v) is 11.5. The van der Waals surface area contributed by atoms with Crippen molar-refractivity contribution < 1.29 is 19.7 Å². The smallest absolute Gasteiger partial charge is 0.330 e. The third kappa shape index (κ3) is 3.73. The number of ether oxygens (including phenoxy) is 1. The number of esters is 1. The van der Waals surface area contributed by atoms with Crippen molar-refractivity contribution in [3.8, 4) is 22.6 Å². The fraction of sp³-hybridized carbons (Fsp3) is 0.444. The molecule has 4 fully saturated rings. The predicted molar refractivity (Wildman–Crippen MR) is 121 cm³/mol. The molecule has 4 aliphatic carbocycles. The molecule has 4 heteroatoms. The number of carbonyl (C=O) groups excluding carboxylic acids is 1. The molecule has 4 aliphatic rings. The van der Waals surface area contributed by atoms with Crippen LogP contribution in [-0.2, 0) is 14.9 Å². The van der Waals surface area contributed by atoms with E-state index in [1.807, 2.05) is 12.1 Å². The van der Waals surface area contributed by atoms with Crippen LogP contribution in [0.5, 0.6) is 11.5 Å². The standard InChI is InChI=1S/C27H30O4/c1-2-31-26(30)8-4-17-3-6-24(28)22(12-17)21-5-7-25(29)23(13-21)27-14-18-9-19(15-27)11-20(10-18)16-27/h3-8,12-13,18-20,28-29H,2,9-11,14-16H2,1H3. The summed E-state index contributed by atoms with van der Waals surface area (Å²) in [5, 5.41) is 21.4. The summed E-state index contributed by atoms with van der Waals surface area (Å²) in [5.41, 5.74) is 3.54. The number of phenolic OH excluding ortho intramolecular Hbond substituents is 2. The summed E-state index contributed by atoms with van der Waals surface area (Å²) in [6.07, 6.45) is 10.7. The Bertz CT molecular complexity index is 1000. The van der Waals surface area contributed by atoms with Crippen molar-refractivity contribution in [1.29, 1.82) is 0 Å². The lowest BCUT2D eigenvalue weighted by atomic mass is 9.48. The van der Waals surface area contributed by atoms with Gasteiger partial charge in [0.15, 0.2) is 0 Å². The van der Waals surface area contributed by atoms with E-state index in [2.05, 4.69) is 6.07 Å². The summed E-state index contributed by atoms with van der Waals surface area (Å²) >= 11 is 0. The molecule has 31 heavy (non-hydrogen) atoms. The van der Waals surface area contributed by atoms with Gasteiger partial charge in [-0.25, -0.2) is 4.79 Å². The maximum absolute atomic E-state index is 11.6. The second-order valence-corrected chi connectivity index (χ2v) is 9.79. The van der Waals surface area contributed by atoms with Crippen LogP contribution in [0, 0.1) is 17.8 Å². The summed E-state index contributed by atoms with van der Waals surface area (Å²) in [4.78, 5) is 11.6. The Morgan fingerprint density at radius 2 is 1.65 bits per heavy atom. The summed E-state index contributed by atoms with van der Waals surface area (Å²) < 4.78 is 4.95. The van der Waals surface area contributed by atoms with Gasteiger partial charge in [0.25, 0.3) is 0 Å². The van der Waals surface area contributed by atoms with Gasteiger partial charge in [-0.15, -0.1) is 0 Å². The van der Waals surface area contributed by atoms with E-state index < -0.39 is 0 Å². The van der Waals surface area contributed by atoms with Crippen LogP contribution in [0.15, 0.2) is 42.5 Å². The molecular weight excluding hydrogens is 388 g/mol. The number of rotatable bonds is 5. The molecule has 0 saturated heterocycles. The van der Waals surface area contributed by atoms with Crippen LogP contribution in [-0.4, -0.2) is 22.8 Å². The van der Waals surface area contributed by atoms with Gasteiger partial charge in [0.2, 0.25) is 0 Å². The van der Waals surface area contributed by atoms with E-state index in [0.717, 1.165) is 34.4 Å². The van der Waals surface area contributed by atoms with Gasteiger partial charge in [-0.2, -0.15) is 0 Å². The number of carbonyl (C=O) groups is 1. The zero-order chi connectivity index (χ0) is 21.6. The lowest BCUT2D eigenvalue weighted by molar-refractivity contribution is -0.137. The third-order valence-electron chi connectivity index (χ3n) is 7.64. The fourth-order valence-electron chi connectivity index (χ4n) is 6.81. The lowest BCUT2D eigenvalue weighted by Gasteiger charge is -2.57. The Hall–Kier alpha value is -2.75. The highest BCUT2D eigenvalue weighted by Gasteiger charge is 2.52. The van der Waals surface area contributed by atoms with Gasteiger partial charge in [0, 0.05) is 17.2 Å². The van der Waals surface area contributed by atoms with Crippen LogP contribution < -0.4 is 0 Å². The molecule has 0 heterocycles. The normalized spacial score (nSPS) is 28.9. The fourth-order valence-corrected chi connectivity index (χ4v) is 6.81. The summed E-state index contributed by atoms with van der Waals surface area (Å²) in [6.45, 7) is 2.11. The molecule has 4 bridgehead atoms. The third-order valence-corrected chi connectivity index (χ3v) is 7.64. The van der Waals surface area contributed by atoms with Crippen LogP contribution in [0.2, 0.25) is 0 Å². The monoisotopic (exact) mass is 418 g/mol. The number of hydrogen-bond donors (Lipinski definition) is 2. The number of benzene rings is 2. The highest BCUT2D eigenvalue weighted by atomic mass is 16.5. The van der Waals surface area contributed by atoms with Crippen LogP contribution in [0.25, 0.3) is 17.2 Å². The first kappa shape index (κ1) is 20.2. The van der Waals surface area contributed by atoms with Crippen molar-refractivity contribution in [3.05, 3.63) is 53.6 Å². The van der Waals surface area contributed by atoms with E-state index in [4.69, 9.17) is 4.74 Å². The van der Waals surface area contributed by atoms with Crippen LogP contribution in [0.1, 0.15) is 56.6 Å². The Kier molecular flexibility index (Phi) is 5.04. The van der Waals surface area contributed by atoms with Gasteiger partial charge in [-0.3, -0.25) is 0 Å². The zero-order valence-corrected chi connectivity index (χ0v) is 18.0. The molecule has 0 aromatic heterocycles. The lowest BCUT2D eigenvalue weighted by Crippen LogP contribution is -2.48. The zero-order valence-electron chi connectivity index (χ0n) is 18.0. The van der Waals surface area contributed by atoms with Crippen molar-refractivity contribution in [2.75, 3.05) is 6.61 Å². The molecule has 162 valence electrons. The van der Waals surface area contributed by atoms with Gasteiger partial charge >= 0.3 is 5.97 Å². The van der Waals surface area contributed by atoms with Crippen molar-refractivity contribution in [1.82, 2.24) is 0 Å². The first-order chi connectivity index (χ1) is 15.0. The summed E-state index contributed by atoms with van der Waals surface area (Å²) in [5.74, 6) is 2.56. The minimum absolute atomic E-state index is 0.0753. The van der Waals surface area contributed by atoms with E-state index in [1.54, 1.807) is 31.2 Å². The Balaban J connectivity index is 1.50. The molecule has 0 atom stereocenters. The number of aromatic hydroxyl groups is 2. The Morgan fingerprint density at radius 3 is 2.29 bits per heavy atom. The van der Waals surface area contributed by atoms with Crippen LogP contribution >= 0.6 is 0 Å². The van der Waals surface area contributed by atoms with E-state index >= 15 is 0 Å². The van der Waals surface area contributed by atoms with Gasteiger partial charge in [-0.05, 0) is 110 Å². The van der Waals surface area contributed by atoms with Gasteiger partial charge < -0.3 is 14.9 Å². The van der Waals surface area contributed by atoms with E-state index in [-0.39, 0.29) is 17.1 Å². The SMILES string of the molecule is CCOC(=O)C=Cc1ccc(O)c(-c2ccc(O)c(C34CC5CC(CC(C5)C3)C4)c2)c1. The largest absolute Gasteiger partial charge is 0.508 e. The topological polar surface area (TPSA) is 66.8 Å². The second-order valence-electron chi connectivity index (χ2n) is 9.79.